The normalized spacial score (nSPS) is 10.3. The van der Waals surface area contributed by atoms with Crippen LogP contribution in [0.15, 0.2) is 46.9 Å². The van der Waals surface area contributed by atoms with Crippen molar-refractivity contribution in [3.63, 3.8) is 0 Å². The number of anilines is 1. The number of carbonyl (C=O) groups excluding carboxylic acids is 1. The van der Waals surface area contributed by atoms with Crippen molar-refractivity contribution < 1.29 is 4.79 Å². The van der Waals surface area contributed by atoms with Gasteiger partial charge >= 0.3 is 0 Å². The Bertz CT molecular complexity index is 646. The molecule has 0 unspecified atom stereocenters. The van der Waals surface area contributed by atoms with E-state index in [0.29, 0.717) is 22.8 Å². The lowest BCUT2D eigenvalue weighted by Crippen LogP contribution is -2.26. The van der Waals surface area contributed by atoms with Crippen molar-refractivity contribution in [1.82, 2.24) is 4.90 Å². The summed E-state index contributed by atoms with van der Waals surface area (Å²) in [4.78, 5) is 14.0. The lowest BCUT2D eigenvalue weighted by atomic mass is 10.1. The number of nitrogens with two attached hydrogens (primary N) is 1. The Hall–Kier alpha value is -1.52. The van der Waals surface area contributed by atoms with Gasteiger partial charge in [-0.05, 0) is 51.8 Å². The van der Waals surface area contributed by atoms with E-state index in [1.165, 1.54) is 0 Å². The van der Waals surface area contributed by atoms with E-state index in [1.807, 2.05) is 18.2 Å². The number of nitrogens with zero attached hydrogens (tertiary/aromatic N) is 1. The third-order valence-corrected chi connectivity index (χ3v) is 3.99. The van der Waals surface area contributed by atoms with Crippen LogP contribution in [0.5, 0.6) is 0 Å². The minimum atomic E-state index is -0.0732. The van der Waals surface area contributed by atoms with Crippen molar-refractivity contribution >= 4 is 39.1 Å². The second-order valence-electron chi connectivity index (χ2n) is 4.49. The maximum Gasteiger partial charge on any atom is 0.255 e. The van der Waals surface area contributed by atoms with Crippen LogP contribution < -0.4 is 5.73 Å². The Labute approximate surface area is 131 Å². The number of benzene rings is 2. The molecule has 0 aromatic heterocycles. The van der Waals surface area contributed by atoms with E-state index in [-0.39, 0.29) is 5.91 Å². The molecule has 0 bridgehead atoms. The molecule has 0 saturated carbocycles. The predicted octanol–water partition coefficient (Wildman–Crippen LogP) is 3.96. The first kappa shape index (κ1) is 14.9. The molecule has 2 aromatic carbocycles. The van der Waals surface area contributed by atoms with Gasteiger partial charge in [-0.2, -0.15) is 0 Å². The van der Waals surface area contributed by atoms with Crippen molar-refractivity contribution in [2.24, 2.45) is 0 Å². The lowest BCUT2D eigenvalue weighted by molar-refractivity contribution is 0.0784. The Balaban J connectivity index is 2.20. The van der Waals surface area contributed by atoms with Gasteiger partial charge in [-0.25, -0.2) is 0 Å². The van der Waals surface area contributed by atoms with Crippen LogP contribution in [0.2, 0.25) is 5.02 Å². The van der Waals surface area contributed by atoms with Crippen molar-refractivity contribution in [2.75, 3.05) is 12.8 Å². The van der Waals surface area contributed by atoms with E-state index in [2.05, 4.69) is 15.9 Å². The molecular formula is C15H14BrClN2O. The molecule has 0 radical (unpaired) electrons. The molecular weight excluding hydrogens is 340 g/mol. The lowest BCUT2D eigenvalue weighted by Gasteiger charge is -2.19. The molecule has 0 aliphatic heterocycles. The number of carbonyl (C=O) groups is 1. The third kappa shape index (κ3) is 3.32. The first-order valence-corrected chi connectivity index (χ1v) is 7.20. The third-order valence-electron chi connectivity index (χ3n) is 2.93. The van der Waals surface area contributed by atoms with Crippen LogP contribution >= 0.6 is 27.5 Å². The summed E-state index contributed by atoms with van der Waals surface area (Å²) in [5, 5.41) is 0.603. The van der Waals surface area contributed by atoms with Gasteiger partial charge < -0.3 is 10.6 Å². The van der Waals surface area contributed by atoms with Gasteiger partial charge in [-0.3, -0.25) is 4.79 Å². The van der Waals surface area contributed by atoms with Crippen molar-refractivity contribution in [1.29, 1.82) is 0 Å². The number of hydrogen-bond acceptors (Lipinski definition) is 2. The van der Waals surface area contributed by atoms with E-state index in [0.717, 1.165) is 10.0 Å². The smallest absolute Gasteiger partial charge is 0.255 e. The molecule has 0 aliphatic carbocycles. The second kappa shape index (κ2) is 6.29. The van der Waals surface area contributed by atoms with Crippen LogP contribution in [0.3, 0.4) is 0 Å². The van der Waals surface area contributed by atoms with Crippen LogP contribution in [0.25, 0.3) is 0 Å². The quantitative estimate of drug-likeness (QED) is 0.849. The standard InChI is InChI=1S/C15H14BrClN2O/c1-19(9-10-8-11(18)6-7-14(10)17)15(20)12-4-2-3-5-13(12)16/h2-8H,9,18H2,1H3. The molecule has 3 nitrogen and oxygen atoms in total. The van der Waals surface area contributed by atoms with Crippen molar-refractivity contribution in [3.8, 4) is 0 Å². The van der Waals surface area contributed by atoms with Gasteiger partial charge in [0.15, 0.2) is 0 Å². The topological polar surface area (TPSA) is 46.3 Å². The summed E-state index contributed by atoms with van der Waals surface area (Å²) in [7, 11) is 1.74. The highest BCUT2D eigenvalue weighted by molar-refractivity contribution is 9.10. The summed E-state index contributed by atoms with van der Waals surface area (Å²) >= 11 is 9.50. The minimum Gasteiger partial charge on any atom is -0.399 e. The molecule has 0 saturated heterocycles. The molecule has 1 amide bonds. The van der Waals surface area contributed by atoms with Gasteiger partial charge in [-0.15, -0.1) is 0 Å². The van der Waals surface area contributed by atoms with Gasteiger partial charge in [0.2, 0.25) is 0 Å². The first-order chi connectivity index (χ1) is 9.49. The summed E-state index contributed by atoms with van der Waals surface area (Å²) in [6.07, 6.45) is 0. The molecule has 2 rings (SSSR count). The Morgan fingerprint density at radius 1 is 1.30 bits per heavy atom. The summed E-state index contributed by atoms with van der Waals surface area (Å²) in [6, 6.07) is 12.6. The zero-order valence-corrected chi connectivity index (χ0v) is 13.3. The maximum absolute atomic E-state index is 12.4. The minimum absolute atomic E-state index is 0.0732. The van der Waals surface area contributed by atoms with E-state index in [4.69, 9.17) is 17.3 Å². The summed E-state index contributed by atoms with van der Waals surface area (Å²) in [6.45, 7) is 0.407. The molecule has 104 valence electrons. The Kier molecular flexibility index (Phi) is 4.68. The highest BCUT2D eigenvalue weighted by Gasteiger charge is 2.15. The summed E-state index contributed by atoms with van der Waals surface area (Å²) in [5.41, 5.74) is 7.82. The number of rotatable bonds is 3. The van der Waals surface area contributed by atoms with E-state index < -0.39 is 0 Å². The summed E-state index contributed by atoms with van der Waals surface area (Å²) in [5.74, 6) is -0.0732. The highest BCUT2D eigenvalue weighted by Crippen LogP contribution is 2.22. The van der Waals surface area contributed by atoms with Crippen LogP contribution in [-0.2, 0) is 6.54 Å². The van der Waals surface area contributed by atoms with E-state index >= 15 is 0 Å². The fourth-order valence-corrected chi connectivity index (χ4v) is 2.52. The molecule has 0 spiro atoms. The summed E-state index contributed by atoms with van der Waals surface area (Å²) < 4.78 is 0.774. The van der Waals surface area contributed by atoms with Gasteiger partial charge in [0, 0.05) is 28.8 Å². The van der Waals surface area contributed by atoms with Gasteiger partial charge in [0.05, 0.1) is 5.56 Å². The zero-order valence-electron chi connectivity index (χ0n) is 10.9. The molecule has 5 heteroatoms. The monoisotopic (exact) mass is 352 g/mol. The molecule has 0 atom stereocenters. The van der Waals surface area contributed by atoms with Gasteiger partial charge in [0.25, 0.3) is 5.91 Å². The molecule has 2 N–H and O–H groups in total. The molecule has 0 heterocycles. The number of hydrogen-bond donors (Lipinski definition) is 1. The maximum atomic E-state index is 12.4. The van der Waals surface area contributed by atoms with Crippen LogP contribution in [0.4, 0.5) is 5.69 Å². The largest absolute Gasteiger partial charge is 0.399 e. The number of amides is 1. The average Bonchev–Trinajstić information content (AvgIpc) is 2.42. The fraction of sp³-hybridized carbons (Fsp3) is 0.133. The Morgan fingerprint density at radius 2 is 2.00 bits per heavy atom. The predicted molar refractivity (Wildman–Crippen MR) is 85.8 cm³/mol. The molecule has 2 aromatic rings. The molecule has 0 aliphatic rings. The highest BCUT2D eigenvalue weighted by atomic mass is 79.9. The average molecular weight is 354 g/mol. The van der Waals surface area contributed by atoms with E-state index in [9.17, 15) is 4.79 Å². The SMILES string of the molecule is CN(Cc1cc(N)ccc1Cl)C(=O)c1ccccc1Br. The Morgan fingerprint density at radius 3 is 2.70 bits per heavy atom. The van der Waals surface area contributed by atoms with Gasteiger partial charge in [0.1, 0.15) is 0 Å². The van der Waals surface area contributed by atoms with Gasteiger partial charge in [-0.1, -0.05) is 23.7 Å². The van der Waals surface area contributed by atoms with Crippen LogP contribution in [0, 0.1) is 0 Å². The molecule has 20 heavy (non-hydrogen) atoms. The van der Waals surface area contributed by atoms with Crippen molar-refractivity contribution in [3.05, 3.63) is 63.1 Å². The van der Waals surface area contributed by atoms with Crippen molar-refractivity contribution in [2.45, 2.75) is 6.54 Å². The van der Waals surface area contributed by atoms with Crippen LogP contribution in [-0.4, -0.2) is 17.9 Å². The molecule has 0 fully saturated rings. The second-order valence-corrected chi connectivity index (χ2v) is 5.75. The number of nitrogen functional groups attached to an aromatic ring is 1. The van der Waals surface area contributed by atoms with E-state index in [1.54, 1.807) is 36.2 Å². The fourth-order valence-electron chi connectivity index (χ4n) is 1.88. The number of halogens is 2. The first-order valence-electron chi connectivity index (χ1n) is 6.03. The zero-order chi connectivity index (χ0) is 14.7. The van der Waals surface area contributed by atoms with Crippen LogP contribution in [0.1, 0.15) is 15.9 Å².